The van der Waals surface area contributed by atoms with Crippen LogP contribution in [0.3, 0.4) is 0 Å². The van der Waals surface area contributed by atoms with Crippen molar-refractivity contribution < 1.29 is 59.5 Å². The Morgan fingerprint density at radius 3 is 2.16 bits per heavy atom. The summed E-state index contributed by atoms with van der Waals surface area (Å²) in [6, 6.07) is 0. The van der Waals surface area contributed by atoms with E-state index in [1.165, 1.54) is 20.8 Å². The summed E-state index contributed by atoms with van der Waals surface area (Å²) in [5.74, 6) is -3.44. The van der Waals surface area contributed by atoms with Gasteiger partial charge in [-0.1, -0.05) is 34.6 Å². The highest BCUT2D eigenvalue weighted by Crippen LogP contribution is 2.89. The largest absolute Gasteiger partial charge is 0.457 e. The zero-order valence-electron chi connectivity index (χ0n) is 30.3. The van der Waals surface area contributed by atoms with Crippen LogP contribution in [0.5, 0.6) is 0 Å². The summed E-state index contributed by atoms with van der Waals surface area (Å²) in [7, 11) is 0. The maximum absolute atomic E-state index is 12.6. The number of aliphatic hydroxyl groups is 7. The number of hydrogen-bond donors (Lipinski definition) is 7. The lowest BCUT2D eigenvalue weighted by molar-refractivity contribution is -0.362. The molecule has 0 radical (unpaired) electrons. The third-order valence-electron chi connectivity index (χ3n) is 16.1. The summed E-state index contributed by atoms with van der Waals surface area (Å²) in [6.45, 7) is 14.6. The molecular weight excluding hydrogens is 636 g/mol. The molecule has 7 fully saturated rings. The molecule has 0 amide bonds. The van der Waals surface area contributed by atoms with E-state index in [0.717, 1.165) is 44.9 Å². The van der Waals surface area contributed by atoms with Crippen molar-refractivity contribution in [2.24, 2.45) is 50.7 Å². The van der Waals surface area contributed by atoms with Crippen LogP contribution in [-0.4, -0.2) is 115 Å². The quantitative estimate of drug-likeness (QED) is 0.162. The van der Waals surface area contributed by atoms with Gasteiger partial charge in [-0.25, -0.2) is 0 Å². The first-order chi connectivity index (χ1) is 22.5. The van der Waals surface area contributed by atoms with E-state index in [2.05, 4.69) is 27.7 Å². The summed E-state index contributed by atoms with van der Waals surface area (Å²) in [5.41, 5.74) is -3.24. The van der Waals surface area contributed by atoms with Gasteiger partial charge in [0.2, 0.25) is 0 Å². The molecule has 0 bridgehead atoms. The second-order valence-corrected chi connectivity index (χ2v) is 18.9. The molecule has 7 rings (SSSR count). The van der Waals surface area contributed by atoms with Crippen molar-refractivity contribution in [1.82, 2.24) is 0 Å². The molecular formula is C37H60O12. The van der Waals surface area contributed by atoms with Gasteiger partial charge in [0, 0.05) is 18.3 Å². The zero-order valence-corrected chi connectivity index (χ0v) is 30.3. The fraction of sp³-hybridized carbons (Fsp3) is 0.973. The third kappa shape index (κ3) is 4.54. The Labute approximate surface area is 289 Å². The van der Waals surface area contributed by atoms with E-state index < -0.39 is 89.0 Å². The van der Waals surface area contributed by atoms with Crippen LogP contribution in [0.2, 0.25) is 0 Å². The monoisotopic (exact) mass is 696 g/mol. The first-order valence-electron chi connectivity index (χ1n) is 18.5. The van der Waals surface area contributed by atoms with Gasteiger partial charge in [-0.15, -0.1) is 0 Å². The van der Waals surface area contributed by atoms with Gasteiger partial charge >= 0.3 is 5.97 Å². The van der Waals surface area contributed by atoms with Crippen molar-refractivity contribution in [2.45, 2.75) is 167 Å². The number of ether oxygens (including phenoxy) is 4. The molecule has 0 aromatic carbocycles. The van der Waals surface area contributed by atoms with Crippen molar-refractivity contribution in [3.8, 4) is 0 Å². The van der Waals surface area contributed by atoms with Crippen LogP contribution < -0.4 is 0 Å². The topological polar surface area (TPSA) is 196 Å². The SMILES string of the molecule is CC(=O)O[C@@H](C1O[C@]2(O)C(C(C)C1O)C1(C)CCC34CC35CCC(O[C@@H]3OC[C@@H](O)[C@H](O)[C@H]3O)C(C)(C)C5CCC4[C@]1(C)[C@H]2O)C(C)(C)O. The number of rotatable bonds is 5. The zero-order chi connectivity index (χ0) is 36.1. The van der Waals surface area contributed by atoms with Crippen molar-refractivity contribution in [3.63, 3.8) is 0 Å². The number of fused-ring (bicyclic) bond motifs is 4. The second-order valence-electron chi connectivity index (χ2n) is 18.9. The standard InChI is InChI=1S/C37H60O12/c1-17-23(40)26(28(32(5,6)44)47-18(2)38)49-37(45)27(17)33(7)13-14-36-16-35(36)12-11-22(48-29-25(42)24(41)19(39)15-46-29)31(3,4)20(35)9-10-21(36)34(33,8)30(37)43/h17,19-30,39-45H,9-16H2,1-8H3/t17?,19-,20?,21?,22?,23?,24+,25-,26?,27?,28+,29+,30-,33?,34-,35?,36?,37-/m1/s1. The van der Waals surface area contributed by atoms with Gasteiger partial charge in [0.05, 0.1) is 24.4 Å². The van der Waals surface area contributed by atoms with Crippen LogP contribution in [0.4, 0.5) is 0 Å². The summed E-state index contributed by atoms with van der Waals surface area (Å²) in [4.78, 5) is 12.1. The Morgan fingerprint density at radius 2 is 1.53 bits per heavy atom. The van der Waals surface area contributed by atoms with Crippen molar-refractivity contribution in [3.05, 3.63) is 0 Å². The molecule has 12 heteroatoms. The highest BCUT2D eigenvalue weighted by molar-refractivity contribution is 5.66. The van der Waals surface area contributed by atoms with Gasteiger partial charge in [0.1, 0.15) is 30.5 Å². The summed E-state index contributed by atoms with van der Waals surface area (Å²) in [6.07, 6.45) is -3.99. The van der Waals surface area contributed by atoms with E-state index in [1.54, 1.807) is 0 Å². The van der Waals surface area contributed by atoms with Gasteiger partial charge in [-0.05, 0) is 98.2 Å². The molecule has 5 aliphatic carbocycles. The van der Waals surface area contributed by atoms with Gasteiger partial charge in [-0.2, -0.15) is 0 Å². The minimum atomic E-state index is -2.04. The van der Waals surface area contributed by atoms with Crippen LogP contribution in [0, 0.1) is 50.7 Å². The van der Waals surface area contributed by atoms with Crippen LogP contribution in [0.15, 0.2) is 0 Å². The lowest BCUT2D eigenvalue weighted by Gasteiger charge is -2.63. The number of carbonyl (C=O) groups is 1. The highest BCUT2D eigenvalue weighted by atomic mass is 16.7. The molecule has 2 saturated heterocycles. The van der Waals surface area contributed by atoms with Crippen LogP contribution in [0.1, 0.15) is 100 Å². The lowest BCUT2D eigenvalue weighted by Crippen LogP contribution is -2.66. The van der Waals surface area contributed by atoms with E-state index in [1.807, 2.05) is 6.92 Å². The molecule has 7 N–H and O–H groups in total. The van der Waals surface area contributed by atoms with E-state index in [4.69, 9.17) is 18.9 Å². The van der Waals surface area contributed by atoms with E-state index in [0.29, 0.717) is 5.92 Å². The number of aliphatic hydroxyl groups excluding tert-OH is 5. The normalized spacial score (nSPS) is 56.7. The van der Waals surface area contributed by atoms with Crippen LogP contribution >= 0.6 is 0 Å². The van der Waals surface area contributed by atoms with Gasteiger partial charge in [0.25, 0.3) is 0 Å². The van der Waals surface area contributed by atoms with E-state index in [-0.39, 0.29) is 34.9 Å². The lowest BCUT2D eigenvalue weighted by atomic mass is 9.41. The average molecular weight is 697 g/mol. The number of carbonyl (C=O) groups excluding carboxylic acids is 1. The minimum Gasteiger partial charge on any atom is -0.457 e. The molecule has 12 nitrogen and oxygen atoms in total. The van der Waals surface area contributed by atoms with Gasteiger partial charge in [0.15, 0.2) is 18.2 Å². The predicted octanol–water partition coefficient (Wildman–Crippen LogP) is 1.62. The first-order valence-corrected chi connectivity index (χ1v) is 18.5. The molecule has 5 saturated carbocycles. The Kier molecular flexibility index (Phi) is 8.22. The Morgan fingerprint density at radius 1 is 0.898 bits per heavy atom. The molecule has 0 aromatic heterocycles. The summed E-state index contributed by atoms with van der Waals surface area (Å²) < 4.78 is 24.0. The molecule has 280 valence electrons. The molecule has 2 heterocycles. The van der Waals surface area contributed by atoms with E-state index in [9.17, 15) is 40.5 Å². The number of hydrogen-bond acceptors (Lipinski definition) is 12. The molecule has 18 atom stereocenters. The van der Waals surface area contributed by atoms with Crippen LogP contribution in [0.25, 0.3) is 0 Å². The smallest absolute Gasteiger partial charge is 0.303 e. The third-order valence-corrected chi connectivity index (χ3v) is 16.1. The molecule has 0 aromatic rings. The molecule has 2 aliphatic heterocycles. The maximum atomic E-state index is 12.6. The van der Waals surface area contributed by atoms with Crippen molar-refractivity contribution in [2.75, 3.05) is 6.61 Å². The van der Waals surface area contributed by atoms with E-state index >= 15 is 0 Å². The average Bonchev–Trinajstić information content (AvgIpc) is 3.65. The molecule has 49 heavy (non-hydrogen) atoms. The first kappa shape index (κ1) is 36.4. The second kappa shape index (κ2) is 11.1. The van der Waals surface area contributed by atoms with Gasteiger partial charge in [-0.3, -0.25) is 4.79 Å². The Hall–Kier alpha value is -0.930. The molecule has 2 spiro atoms. The fourth-order valence-electron chi connectivity index (χ4n) is 13.7. The Bertz CT molecular complexity index is 1330. The maximum Gasteiger partial charge on any atom is 0.303 e. The van der Waals surface area contributed by atoms with Crippen molar-refractivity contribution >= 4 is 5.97 Å². The van der Waals surface area contributed by atoms with Crippen molar-refractivity contribution in [1.29, 1.82) is 0 Å². The van der Waals surface area contributed by atoms with Crippen LogP contribution in [-0.2, 0) is 23.7 Å². The predicted molar refractivity (Wildman–Crippen MR) is 173 cm³/mol. The summed E-state index contributed by atoms with van der Waals surface area (Å²) in [5, 5.41) is 78.7. The van der Waals surface area contributed by atoms with Gasteiger partial charge < -0.3 is 54.7 Å². The Balaban J connectivity index is 1.18. The molecule has 7 aliphatic rings. The molecule has 10 unspecified atom stereocenters. The fourth-order valence-corrected chi connectivity index (χ4v) is 13.7. The minimum absolute atomic E-state index is 0.0251. The number of esters is 1. The summed E-state index contributed by atoms with van der Waals surface area (Å²) >= 11 is 0. The highest BCUT2D eigenvalue weighted by Gasteiger charge is 2.87.